The Morgan fingerprint density at radius 3 is 2.33 bits per heavy atom. The van der Waals surface area contributed by atoms with Gasteiger partial charge in [-0.2, -0.15) is 0 Å². The number of carbonyl (C=O) groups is 2. The molecule has 0 saturated heterocycles. The maximum atomic E-state index is 13.7. The van der Waals surface area contributed by atoms with Crippen molar-refractivity contribution in [3.05, 3.63) is 103 Å². The van der Waals surface area contributed by atoms with Gasteiger partial charge in [-0.3, -0.25) is 4.79 Å². The fraction of sp³-hybridized carbons (Fsp3) is 0.172. The number of amides is 3. The van der Waals surface area contributed by atoms with Crippen LogP contribution < -0.4 is 19.7 Å². The first-order valence-electron chi connectivity index (χ1n) is 12.3. The first-order valence-corrected chi connectivity index (χ1v) is 13.7. The number of furan rings is 1. The Hall–Kier alpha value is -4.57. The molecular weight excluding hydrogens is 518 g/mol. The minimum Gasteiger partial charge on any atom is -0.497 e. The van der Waals surface area contributed by atoms with E-state index in [9.17, 15) is 18.0 Å². The van der Waals surface area contributed by atoms with Gasteiger partial charge in [-0.15, -0.1) is 0 Å². The quantitative estimate of drug-likeness (QED) is 0.299. The van der Waals surface area contributed by atoms with Gasteiger partial charge >= 0.3 is 6.03 Å². The summed E-state index contributed by atoms with van der Waals surface area (Å²) >= 11 is 0. The summed E-state index contributed by atoms with van der Waals surface area (Å²) in [6, 6.07) is 21.9. The molecule has 1 aromatic heterocycles. The number of methoxy groups -OCH3 is 1. The van der Waals surface area contributed by atoms with Crippen LogP contribution in [0.5, 0.6) is 5.75 Å². The first-order chi connectivity index (χ1) is 18.8. The number of ether oxygens (including phenoxy) is 1. The third-order valence-electron chi connectivity index (χ3n) is 6.08. The Kier molecular flexibility index (Phi) is 8.67. The Labute approximate surface area is 227 Å². The molecule has 0 aliphatic rings. The predicted molar refractivity (Wildman–Crippen MR) is 148 cm³/mol. The van der Waals surface area contributed by atoms with Gasteiger partial charge < -0.3 is 19.4 Å². The lowest BCUT2D eigenvalue weighted by molar-refractivity contribution is -0.120. The number of urea groups is 1. The summed E-state index contributed by atoms with van der Waals surface area (Å²) in [4.78, 5) is 28.1. The van der Waals surface area contributed by atoms with E-state index in [0.717, 1.165) is 5.56 Å². The summed E-state index contributed by atoms with van der Waals surface area (Å²) < 4.78 is 38.4. The van der Waals surface area contributed by atoms with E-state index in [2.05, 4.69) is 5.32 Å². The number of likely N-dealkylation sites (N-methyl/N-ethyl adjacent to an activating group) is 1. The summed E-state index contributed by atoms with van der Waals surface area (Å²) in [5.74, 6) is 0.253. The summed E-state index contributed by atoms with van der Waals surface area (Å²) in [5, 5.41) is 2.58. The smallest absolute Gasteiger partial charge is 0.329 e. The largest absolute Gasteiger partial charge is 0.497 e. The molecule has 10 heteroatoms. The highest BCUT2D eigenvalue weighted by molar-refractivity contribution is 7.90. The van der Waals surface area contributed by atoms with E-state index in [1.165, 1.54) is 29.6 Å². The molecule has 0 spiro atoms. The summed E-state index contributed by atoms with van der Waals surface area (Å²) in [6.07, 6.45) is 3.14. The molecular formula is C29H29N3O6S. The molecule has 2 N–H and O–H groups in total. The van der Waals surface area contributed by atoms with Gasteiger partial charge in [0.2, 0.25) is 5.91 Å². The van der Waals surface area contributed by atoms with Crippen LogP contribution in [0.2, 0.25) is 0 Å². The van der Waals surface area contributed by atoms with Crippen molar-refractivity contribution in [2.75, 3.05) is 18.6 Å². The second-order valence-electron chi connectivity index (χ2n) is 8.64. The standard InChI is InChI=1S/C29H29N3O6S/c1-3-32(24-12-14-25(37-2)15-13-24)28(33)27(18-21-8-5-4-6-9-21)30-29(34)31-39(35,36)26-11-7-10-22(19-26)23-16-17-38-20-23/h4-17,19-20,27H,3,18H2,1-2H3,(H2,30,31,34). The minimum absolute atomic E-state index is 0.101. The molecule has 3 aromatic carbocycles. The van der Waals surface area contributed by atoms with E-state index in [-0.39, 0.29) is 17.2 Å². The van der Waals surface area contributed by atoms with Crippen molar-refractivity contribution >= 4 is 27.6 Å². The third-order valence-corrected chi connectivity index (χ3v) is 7.41. The first kappa shape index (κ1) is 27.5. The third kappa shape index (κ3) is 6.85. The number of hydrogen-bond acceptors (Lipinski definition) is 6. The molecule has 4 aromatic rings. The molecule has 202 valence electrons. The van der Waals surface area contributed by atoms with E-state index in [4.69, 9.17) is 9.15 Å². The van der Waals surface area contributed by atoms with Gasteiger partial charge in [0, 0.05) is 24.2 Å². The Bertz CT molecular complexity index is 1500. The van der Waals surface area contributed by atoms with Crippen molar-refractivity contribution in [2.45, 2.75) is 24.3 Å². The average Bonchev–Trinajstić information content (AvgIpc) is 3.49. The van der Waals surface area contributed by atoms with Crippen LogP contribution in [0.4, 0.5) is 10.5 Å². The van der Waals surface area contributed by atoms with E-state index in [1.54, 1.807) is 49.6 Å². The van der Waals surface area contributed by atoms with Gasteiger partial charge in [0.1, 0.15) is 11.8 Å². The lowest BCUT2D eigenvalue weighted by atomic mass is 10.0. The van der Waals surface area contributed by atoms with Gasteiger partial charge in [0.25, 0.3) is 10.0 Å². The van der Waals surface area contributed by atoms with Crippen molar-refractivity contribution in [1.29, 1.82) is 0 Å². The summed E-state index contributed by atoms with van der Waals surface area (Å²) in [5.41, 5.74) is 2.73. The number of nitrogens with zero attached hydrogens (tertiary/aromatic N) is 1. The van der Waals surface area contributed by atoms with Crippen molar-refractivity contribution in [2.24, 2.45) is 0 Å². The highest BCUT2D eigenvalue weighted by Crippen LogP contribution is 2.23. The highest BCUT2D eigenvalue weighted by Gasteiger charge is 2.28. The molecule has 4 rings (SSSR count). The van der Waals surface area contributed by atoms with Gasteiger partial charge in [-0.1, -0.05) is 42.5 Å². The van der Waals surface area contributed by atoms with Crippen LogP contribution in [0.1, 0.15) is 12.5 Å². The van der Waals surface area contributed by atoms with Crippen LogP contribution >= 0.6 is 0 Å². The molecule has 39 heavy (non-hydrogen) atoms. The molecule has 0 radical (unpaired) electrons. The molecule has 3 amide bonds. The van der Waals surface area contributed by atoms with Gasteiger partial charge in [0.15, 0.2) is 0 Å². The number of carbonyl (C=O) groups excluding carboxylic acids is 2. The molecule has 1 heterocycles. The second kappa shape index (κ2) is 12.3. The second-order valence-corrected chi connectivity index (χ2v) is 10.3. The van der Waals surface area contributed by atoms with E-state index >= 15 is 0 Å². The van der Waals surface area contributed by atoms with Crippen LogP contribution in [0, 0.1) is 0 Å². The maximum absolute atomic E-state index is 13.7. The molecule has 0 aliphatic carbocycles. The average molecular weight is 548 g/mol. The number of anilines is 1. The Balaban J connectivity index is 1.55. The van der Waals surface area contributed by atoms with Gasteiger partial charge in [-0.05, 0) is 60.5 Å². The van der Waals surface area contributed by atoms with Crippen molar-refractivity contribution in [3.63, 3.8) is 0 Å². The summed E-state index contributed by atoms with van der Waals surface area (Å²) in [7, 11) is -2.68. The van der Waals surface area contributed by atoms with Gasteiger partial charge in [0.05, 0.1) is 24.5 Å². The highest BCUT2D eigenvalue weighted by atomic mass is 32.2. The normalized spacial score (nSPS) is 11.8. The van der Waals surface area contributed by atoms with Crippen molar-refractivity contribution in [1.82, 2.24) is 10.0 Å². The fourth-order valence-corrected chi connectivity index (χ4v) is 5.07. The monoisotopic (exact) mass is 547 g/mol. The van der Waals surface area contributed by atoms with Crippen LogP contribution in [0.3, 0.4) is 0 Å². The molecule has 0 fully saturated rings. The van der Waals surface area contributed by atoms with Crippen LogP contribution in [0.15, 0.2) is 107 Å². The van der Waals surface area contributed by atoms with Crippen molar-refractivity contribution < 1.29 is 27.2 Å². The zero-order chi connectivity index (χ0) is 27.8. The maximum Gasteiger partial charge on any atom is 0.329 e. The van der Waals surface area contributed by atoms with E-state index < -0.39 is 22.1 Å². The lowest BCUT2D eigenvalue weighted by Crippen LogP contribution is -2.53. The number of hydrogen-bond donors (Lipinski definition) is 2. The zero-order valence-electron chi connectivity index (χ0n) is 21.5. The molecule has 1 unspecified atom stereocenters. The Morgan fingerprint density at radius 1 is 0.949 bits per heavy atom. The molecule has 0 saturated carbocycles. The topological polar surface area (TPSA) is 118 Å². The number of rotatable bonds is 10. The van der Waals surface area contributed by atoms with Crippen LogP contribution in [-0.2, 0) is 21.2 Å². The molecule has 9 nitrogen and oxygen atoms in total. The minimum atomic E-state index is -4.23. The molecule has 0 aliphatic heterocycles. The van der Waals surface area contributed by atoms with E-state index in [1.807, 2.05) is 42.0 Å². The Morgan fingerprint density at radius 2 is 1.69 bits per heavy atom. The van der Waals surface area contributed by atoms with Gasteiger partial charge in [-0.25, -0.2) is 17.9 Å². The predicted octanol–water partition coefficient (Wildman–Crippen LogP) is 4.61. The zero-order valence-corrected chi connectivity index (χ0v) is 22.4. The van der Waals surface area contributed by atoms with E-state index in [0.29, 0.717) is 29.1 Å². The SMILES string of the molecule is CCN(C(=O)C(Cc1ccccc1)NC(=O)NS(=O)(=O)c1cccc(-c2ccoc2)c1)c1ccc(OC)cc1. The van der Waals surface area contributed by atoms with Crippen molar-refractivity contribution in [3.8, 4) is 16.9 Å². The number of benzene rings is 3. The summed E-state index contributed by atoms with van der Waals surface area (Å²) in [6.45, 7) is 2.15. The number of nitrogens with one attached hydrogen (secondary N) is 2. The van der Waals surface area contributed by atoms with Crippen LogP contribution in [0.25, 0.3) is 11.1 Å². The molecule has 0 bridgehead atoms. The molecule has 1 atom stereocenters. The lowest BCUT2D eigenvalue weighted by Gasteiger charge is -2.27. The fourth-order valence-electron chi connectivity index (χ4n) is 4.11. The number of sulfonamides is 1. The van der Waals surface area contributed by atoms with Crippen LogP contribution in [-0.4, -0.2) is 40.1 Å².